The van der Waals surface area contributed by atoms with Gasteiger partial charge in [0.25, 0.3) is 0 Å². The maximum absolute atomic E-state index is 11.0. The minimum Gasteiger partial charge on any atom is -0.495 e. The van der Waals surface area contributed by atoms with Crippen LogP contribution in [0.25, 0.3) is 0 Å². The molecule has 1 saturated heterocycles. The third-order valence-corrected chi connectivity index (χ3v) is 6.86. The zero-order chi connectivity index (χ0) is 20.1. The Kier molecular flexibility index (Phi) is 7.55. The first-order chi connectivity index (χ1) is 13.5. The Hall–Kier alpha value is -1.37. The van der Waals surface area contributed by atoms with Crippen molar-refractivity contribution in [1.29, 1.82) is 0 Å². The van der Waals surface area contributed by atoms with E-state index in [2.05, 4.69) is 15.1 Å². The predicted molar refractivity (Wildman–Crippen MR) is 115 cm³/mol. The molecule has 2 aliphatic rings. The fourth-order valence-electron chi connectivity index (χ4n) is 4.30. The Bertz CT molecular complexity index is 672. The maximum Gasteiger partial charge on any atom is 0.312 e. The molecule has 6 nitrogen and oxygen atoms in total. The molecule has 0 spiro atoms. The fourth-order valence-corrected chi connectivity index (χ4v) is 4.81. The first-order valence-electron chi connectivity index (χ1n) is 10.0. The van der Waals surface area contributed by atoms with Gasteiger partial charge in [-0.25, -0.2) is 4.79 Å². The highest BCUT2D eigenvalue weighted by Gasteiger charge is 2.24. The van der Waals surface area contributed by atoms with Gasteiger partial charge in [0.1, 0.15) is 10.8 Å². The van der Waals surface area contributed by atoms with E-state index in [4.69, 9.17) is 33.7 Å². The number of carbonyl (C=O) groups excluding carboxylic acids is 1. The third kappa shape index (κ3) is 5.37. The number of amides is 2. The molecule has 156 valence electrons. The molecular formula is C20H30Cl2N4O2. The van der Waals surface area contributed by atoms with Crippen molar-refractivity contribution >= 4 is 34.9 Å². The molecule has 3 N–H and O–H groups in total. The van der Waals surface area contributed by atoms with E-state index in [1.165, 1.54) is 19.3 Å². The molecule has 8 heteroatoms. The second kappa shape index (κ2) is 9.90. The summed E-state index contributed by atoms with van der Waals surface area (Å²) in [6, 6.07) is 3.72. The third-order valence-electron chi connectivity index (χ3n) is 6.01. The Labute approximate surface area is 177 Å². The highest BCUT2D eigenvalue weighted by atomic mass is 35.5. The number of hydrogen-bond acceptors (Lipinski definition) is 4. The number of piperazine rings is 1. The van der Waals surface area contributed by atoms with Crippen LogP contribution >= 0.6 is 23.2 Å². The SMILES string of the molecule is COc1ccc(N2CCN(CC[C@H]3CC[C@H](NC(N)=O)CC3)CC2)c(Cl)c1Cl. The molecule has 1 aliphatic heterocycles. The molecule has 1 aromatic carbocycles. The molecule has 0 atom stereocenters. The Morgan fingerprint density at radius 3 is 2.43 bits per heavy atom. The first-order valence-corrected chi connectivity index (χ1v) is 10.8. The van der Waals surface area contributed by atoms with Crippen LogP contribution < -0.4 is 20.7 Å². The Morgan fingerprint density at radius 1 is 1.14 bits per heavy atom. The van der Waals surface area contributed by atoms with Crippen LogP contribution in [0.5, 0.6) is 5.75 Å². The minimum absolute atomic E-state index is 0.262. The van der Waals surface area contributed by atoms with E-state index < -0.39 is 6.03 Å². The van der Waals surface area contributed by atoms with Gasteiger partial charge in [-0.1, -0.05) is 23.2 Å². The van der Waals surface area contributed by atoms with Crippen LogP contribution in [0.15, 0.2) is 12.1 Å². The average molecular weight is 429 g/mol. The number of primary amides is 1. The van der Waals surface area contributed by atoms with Crippen molar-refractivity contribution in [3.63, 3.8) is 0 Å². The van der Waals surface area contributed by atoms with Crippen molar-refractivity contribution in [2.24, 2.45) is 11.7 Å². The molecule has 1 aromatic rings. The number of carbonyl (C=O) groups is 1. The second-order valence-corrected chi connectivity index (χ2v) is 8.51. The summed E-state index contributed by atoms with van der Waals surface area (Å²) < 4.78 is 5.23. The van der Waals surface area contributed by atoms with Crippen LogP contribution in [-0.2, 0) is 0 Å². The van der Waals surface area contributed by atoms with E-state index in [0.29, 0.717) is 15.8 Å². The standard InChI is InChI=1S/C20H30Cl2N4O2/c1-28-17-7-6-16(18(21)19(17)22)26-12-10-25(11-13-26)9-8-14-2-4-15(5-3-14)24-20(23)27/h6-7,14-15H,2-5,8-13H2,1H3,(H3,23,24,27)/t14-,15-. The first kappa shape index (κ1) is 21.3. The normalized spacial score (nSPS) is 23.5. The summed E-state index contributed by atoms with van der Waals surface area (Å²) >= 11 is 12.7. The van der Waals surface area contributed by atoms with Gasteiger partial charge in [-0.3, -0.25) is 4.90 Å². The highest BCUT2D eigenvalue weighted by molar-refractivity contribution is 6.44. The van der Waals surface area contributed by atoms with E-state index in [1.54, 1.807) is 7.11 Å². The topological polar surface area (TPSA) is 70.8 Å². The summed E-state index contributed by atoms with van der Waals surface area (Å²) in [7, 11) is 1.59. The molecule has 2 amide bonds. The summed E-state index contributed by atoms with van der Waals surface area (Å²) in [6.45, 7) is 5.07. The largest absolute Gasteiger partial charge is 0.495 e. The van der Waals surface area contributed by atoms with Crippen LogP contribution in [0.3, 0.4) is 0 Å². The predicted octanol–water partition coefficient (Wildman–Crippen LogP) is 3.74. The summed E-state index contributed by atoms with van der Waals surface area (Å²) in [6.07, 6.45) is 5.64. The van der Waals surface area contributed by atoms with Crippen molar-refractivity contribution in [3.05, 3.63) is 22.2 Å². The van der Waals surface area contributed by atoms with E-state index in [1.807, 2.05) is 12.1 Å². The number of anilines is 1. The van der Waals surface area contributed by atoms with Gasteiger partial charge < -0.3 is 20.7 Å². The van der Waals surface area contributed by atoms with Gasteiger partial charge in [-0.15, -0.1) is 0 Å². The van der Waals surface area contributed by atoms with Crippen LogP contribution in [0.4, 0.5) is 10.5 Å². The van der Waals surface area contributed by atoms with Crippen LogP contribution in [0.1, 0.15) is 32.1 Å². The average Bonchev–Trinajstić information content (AvgIpc) is 2.70. The van der Waals surface area contributed by atoms with Crippen molar-refractivity contribution in [2.45, 2.75) is 38.1 Å². The van der Waals surface area contributed by atoms with E-state index in [9.17, 15) is 4.79 Å². The highest BCUT2D eigenvalue weighted by Crippen LogP contribution is 2.39. The zero-order valence-electron chi connectivity index (χ0n) is 16.4. The van der Waals surface area contributed by atoms with Crippen molar-refractivity contribution in [2.75, 3.05) is 44.7 Å². The number of nitrogens with one attached hydrogen (secondary N) is 1. The Balaban J connectivity index is 1.42. The second-order valence-electron chi connectivity index (χ2n) is 7.76. The molecule has 1 saturated carbocycles. The molecule has 3 rings (SSSR count). The maximum atomic E-state index is 11.0. The van der Waals surface area contributed by atoms with E-state index in [-0.39, 0.29) is 6.04 Å². The molecule has 0 aromatic heterocycles. The van der Waals surface area contributed by atoms with Gasteiger partial charge in [0.05, 0.1) is 17.8 Å². The van der Waals surface area contributed by atoms with Gasteiger partial charge in [0.2, 0.25) is 0 Å². The number of ether oxygens (including phenoxy) is 1. The molecule has 0 bridgehead atoms. The van der Waals surface area contributed by atoms with E-state index in [0.717, 1.165) is 57.2 Å². The number of nitrogens with two attached hydrogens (primary N) is 1. The smallest absolute Gasteiger partial charge is 0.312 e. The number of halogens is 2. The lowest BCUT2D eigenvalue weighted by atomic mass is 9.84. The molecule has 0 radical (unpaired) electrons. The van der Waals surface area contributed by atoms with Gasteiger partial charge >= 0.3 is 6.03 Å². The number of nitrogens with zero attached hydrogens (tertiary/aromatic N) is 2. The van der Waals surface area contributed by atoms with Gasteiger partial charge in [-0.05, 0) is 56.7 Å². The summed E-state index contributed by atoms with van der Waals surface area (Å²) in [5.41, 5.74) is 6.20. The number of rotatable bonds is 6. The van der Waals surface area contributed by atoms with E-state index >= 15 is 0 Å². The summed E-state index contributed by atoms with van der Waals surface area (Å²) in [5.74, 6) is 1.36. The fraction of sp³-hybridized carbons (Fsp3) is 0.650. The lowest BCUT2D eigenvalue weighted by Crippen LogP contribution is -2.47. The minimum atomic E-state index is -0.403. The summed E-state index contributed by atoms with van der Waals surface area (Å²) in [5, 5.41) is 3.88. The molecule has 0 unspecified atom stereocenters. The number of hydrogen-bond donors (Lipinski definition) is 2. The van der Waals surface area contributed by atoms with Crippen LogP contribution in [-0.4, -0.2) is 56.8 Å². The van der Waals surface area contributed by atoms with Gasteiger partial charge in [-0.2, -0.15) is 0 Å². The van der Waals surface area contributed by atoms with Gasteiger partial charge in [0.15, 0.2) is 0 Å². The lowest BCUT2D eigenvalue weighted by Gasteiger charge is -2.37. The van der Waals surface area contributed by atoms with Crippen molar-refractivity contribution < 1.29 is 9.53 Å². The molecule has 1 aliphatic carbocycles. The number of benzene rings is 1. The van der Waals surface area contributed by atoms with Gasteiger partial charge in [0, 0.05) is 32.2 Å². The monoisotopic (exact) mass is 428 g/mol. The molecule has 28 heavy (non-hydrogen) atoms. The van der Waals surface area contributed by atoms with Crippen LogP contribution in [0.2, 0.25) is 10.0 Å². The molecule has 1 heterocycles. The summed E-state index contributed by atoms with van der Waals surface area (Å²) in [4.78, 5) is 15.8. The lowest BCUT2D eigenvalue weighted by molar-refractivity contribution is 0.207. The van der Waals surface area contributed by atoms with Crippen molar-refractivity contribution in [3.8, 4) is 5.75 Å². The molecule has 2 fully saturated rings. The zero-order valence-corrected chi connectivity index (χ0v) is 17.9. The Morgan fingerprint density at radius 2 is 1.82 bits per heavy atom. The quantitative estimate of drug-likeness (QED) is 0.723. The van der Waals surface area contributed by atoms with Crippen LogP contribution in [0, 0.1) is 5.92 Å². The number of urea groups is 1. The molecular weight excluding hydrogens is 399 g/mol. The van der Waals surface area contributed by atoms with Crippen molar-refractivity contribution in [1.82, 2.24) is 10.2 Å². The number of methoxy groups -OCH3 is 1.